The van der Waals surface area contributed by atoms with E-state index in [1.807, 2.05) is 13.0 Å². The summed E-state index contributed by atoms with van der Waals surface area (Å²) >= 11 is 0. The normalized spacial score (nSPS) is 27.9. The molecule has 0 aromatic heterocycles. The van der Waals surface area contributed by atoms with Gasteiger partial charge in [-0.2, -0.15) is 0 Å². The first-order valence-corrected chi connectivity index (χ1v) is 6.35. The number of aliphatic hydroxyl groups excluding tert-OH is 1. The Balaban J connectivity index is 1.96. The van der Waals surface area contributed by atoms with Crippen LogP contribution in [0.5, 0.6) is 0 Å². The van der Waals surface area contributed by atoms with Crippen LogP contribution in [-0.4, -0.2) is 35.2 Å². The molecule has 1 saturated heterocycles. The molecule has 0 aliphatic carbocycles. The lowest BCUT2D eigenvalue weighted by Crippen LogP contribution is -2.49. The van der Waals surface area contributed by atoms with Crippen molar-refractivity contribution in [3.8, 4) is 0 Å². The van der Waals surface area contributed by atoms with Crippen LogP contribution in [0.25, 0.3) is 0 Å². The molecule has 3 heteroatoms. The molecule has 0 radical (unpaired) electrons. The van der Waals surface area contributed by atoms with Gasteiger partial charge in [0.1, 0.15) is 0 Å². The number of hydrogen-bond donors (Lipinski definition) is 2. The molecular weight excluding hydrogens is 212 g/mol. The van der Waals surface area contributed by atoms with E-state index in [1.54, 1.807) is 0 Å². The highest BCUT2D eigenvalue weighted by atomic mass is 16.3. The molecule has 0 saturated carbocycles. The van der Waals surface area contributed by atoms with Crippen molar-refractivity contribution in [2.24, 2.45) is 11.7 Å². The van der Waals surface area contributed by atoms with Crippen LogP contribution in [0, 0.1) is 5.92 Å². The van der Waals surface area contributed by atoms with Crippen LogP contribution in [0.1, 0.15) is 18.9 Å². The zero-order chi connectivity index (χ0) is 12.3. The number of likely N-dealkylation sites (tertiary alicyclic amines) is 1. The van der Waals surface area contributed by atoms with Crippen molar-refractivity contribution in [3.05, 3.63) is 35.9 Å². The number of rotatable bonds is 3. The third-order valence-corrected chi connectivity index (χ3v) is 3.52. The van der Waals surface area contributed by atoms with Crippen LogP contribution in [0.4, 0.5) is 0 Å². The van der Waals surface area contributed by atoms with Crippen molar-refractivity contribution in [1.82, 2.24) is 4.90 Å². The molecule has 3 nitrogen and oxygen atoms in total. The lowest BCUT2D eigenvalue weighted by atomic mass is 9.90. The Kier molecular flexibility index (Phi) is 4.15. The summed E-state index contributed by atoms with van der Waals surface area (Å²) in [5.41, 5.74) is 7.37. The number of aliphatic hydroxyl groups is 1. The smallest absolute Gasteiger partial charge is 0.0553 e. The van der Waals surface area contributed by atoms with Gasteiger partial charge in [-0.1, -0.05) is 30.3 Å². The Bertz CT molecular complexity index is 339. The van der Waals surface area contributed by atoms with Gasteiger partial charge in [0.2, 0.25) is 0 Å². The maximum absolute atomic E-state index is 9.70. The summed E-state index contributed by atoms with van der Waals surface area (Å²) in [5, 5.41) is 9.70. The minimum Gasteiger partial charge on any atom is -0.393 e. The predicted octanol–water partition coefficient (Wildman–Crippen LogP) is 1.22. The van der Waals surface area contributed by atoms with Crippen molar-refractivity contribution in [2.45, 2.75) is 32.0 Å². The van der Waals surface area contributed by atoms with E-state index in [0.717, 1.165) is 26.1 Å². The van der Waals surface area contributed by atoms with Crippen molar-refractivity contribution >= 4 is 0 Å². The summed E-state index contributed by atoms with van der Waals surface area (Å²) < 4.78 is 0. The molecule has 1 heterocycles. The fourth-order valence-corrected chi connectivity index (χ4v) is 2.60. The second-order valence-corrected chi connectivity index (χ2v) is 5.18. The Morgan fingerprint density at radius 3 is 2.71 bits per heavy atom. The first-order chi connectivity index (χ1) is 8.15. The molecule has 94 valence electrons. The molecule has 1 fully saturated rings. The number of hydrogen-bond acceptors (Lipinski definition) is 3. The van der Waals surface area contributed by atoms with E-state index in [4.69, 9.17) is 5.73 Å². The standard InChI is InChI=1S/C14H22N2O/c1-11(17)13-7-14(15)10-16(9-13)8-12-5-3-2-4-6-12/h2-6,11,13-14,17H,7-10,15H2,1H3. The molecule has 0 amide bonds. The Morgan fingerprint density at radius 1 is 1.35 bits per heavy atom. The van der Waals surface area contributed by atoms with Gasteiger partial charge in [0, 0.05) is 25.7 Å². The van der Waals surface area contributed by atoms with Gasteiger partial charge in [-0.3, -0.25) is 4.90 Å². The molecule has 1 aliphatic heterocycles. The third kappa shape index (κ3) is 3.53. The van der Waals surface area contributed by atoms with Gasteiger partial charge in [0.25, 0.3) is 0 Å². The van der Waals surface area contributed by atoms with Crippen molar-refractivity contribution < 1.29 is 5.11 Å². The van der Waals surface area contributed by atoms with Crippen molar-refractivity contribution in [1.29, 1.82) is 0 Å². The van der Waals surface area contributed by atoms with E-state index in [1.165, 1.54) is 5.56 Å². The highest BCUT2D eigenvalue weighted by Gasteiger charge is 2.27. The van der Waals surface area contributed by atoms with Crippen LogP contribution in [0.2, 0.25) is 0 Å². The fraction of sp³-hybridized carbons (Fsp3) is 0.571. The highest BCUT2D eigenvalue weighted by molar-refractivity contribution is 5.14. The lowest BCUT2D eigenvalue weighted by molar-refractivity contribution is 0.0516. The topological polar surface area (TPSA) is 49.5 Å². The van der Waals surface area contributed by atoms with E-state index in [2.05, 4.69) is 29.2 Å². The third-order valence-electron chi connectivity index (χ3n) is 3.52. The zero-order valence-corrected chi connectivity index (χ0v) is 10.4. The summed E-state index contributed by atoms with van der Waals surface area (Å²) in [6.45, 7) is 4.67. The Morgan fingerprint density at radius 2 is 2.06 bits per heavy atom. The molecule has 0 bridgehead atoms. The first-order valence-electron chi connectivity index (χ1n) is 6.35. The van der Waals surface area contributed by atoms with Gasteiger partial charge in [-0.15, -0.1) is 0 Å². The molecule has 1 aromatic carbocycles. The summed E-state index contributed by atoms with van der Waals surface area (Å²) in [5.74, 6) is 0.308. The number of benzene rings is 1. The van der Waals surface area contributed by atoms with Gasteiger partial charge >= 0.3 is 0 Å². The first kappa shape index (κ1) is 12.6. The number of nitrogens with two attached hydrogens (primary N) is 1. The maximum atomic E-state index is 9.70. The molecule has 0 spiro atoms. The summed E-state index contributed by atoms with van der Waals surface area (Å²) in [4.78, 5) is 2.35. The molecule has 3 N–H and O–H groups in total. The minimum absolute atomic E-state index is 0.187. The zero-order valence-electron chi connectivity index (χ0n) is 10.4. The Hall–Kier alpha value is -0.900. The van der Waals surface area contributed by atoms with Crippen molar-refractivity contribution in [3.63, 3.8) is 0 Å². The summed E-state index contributed by atoms with van der Waals surface area (Å²) in [6.07, 6.45) is 0.669. The van der Waals surface area contributed by atoms with Gasteiger partial charge in [0.15, 0.2) is 0 Å². The van der Waals surface area contributed by atoms with Gasteiger partial charge < -0.3 is 10.8 Å². The average Bonchev–Trinajstić information content (AvgIpc) is 2.29. The van der Waals surface area contributed by atoms with E-state index in [9.17, 15) is 5.11 Å². The van der Waals surface area contributed by atoms with Crippen molar-refractivity contribution in [2.75, 3.05) is 13.1 Å². The minimum atomic E-state index is -0.264. The monoisotopic (exact) mass is 234 g/mol. The second-order valence-electron chi connectivity index (χ2n) is 5.18. The van der Waals surface area contributed by atoms with E-state index >= 15 is 0 Å². The molecule has 1 aliphatic rings. The van der Waals surface area contributed by atoms with Crippen LogP contribution >= 0.6 is 0 Å². The van der Waals surface area contributed by atoms with E-state index < -0.39 is 0 Å². The summed E-state index contributed by atoms with van der Waals surface area (Å²) in [6, 6.07) is 10.6. The Labute approximate surface area is 103 Å². The summed E-state index contributed by atoms with van der Waals surface area (Å²) in [7, 11) is 0. The number of nitrogens with zero attached hydrogens (tertiary/aromatic N) is 1. The molecule has 3 unspecified atom stereocenters. The molecule has 3 atom stereocenters. The van der Waals surface area contributed by atoms with Crippen LogP contribution < -0.4 is 5.73 Å². The molecule has 2 rings (SSSR count). The molecular formula is C14H22N2O. The van der Waals surface area contributed by atoms with Crippen LogP contribution in [0.15, 0.2) is 30.3 Å². The second kappa shape index (κ2) is 5.63. The molecule has 1 aromatic rings. The lowest BCUT2D eigenvalue weighted by Gasteiger charge is -2.37. The van der Waals surface area contributed by atoms with E-state index in [-0.39, 0.29) is 12.1 Å². The predicted molar refractivity (Wildman–Crippen MR) is 69.5 cm³/mol. The van der Waals surface area contributed by atoms with Crippen LogP contribution in [-0.2, 0) is 6.54 Å². The number of piperidine rings is 1. The largest absolute Gasteiger partial charge is 0.393 e. The van der Waals surface area contributed by atoms with Gasteiger partial charge in [-0.25, -0.2) is 0 Å². The van der Waals surface area contributed by atoms with Crippen LogP contribution in [0.3, 0.4) is 0 Å². The average molecular weight is 234 g/mol. The van der Waals surface area contributed by atoms with E-state index in [0.29, 0.717) is 5.92 Å². The fourth-order valence-electron chi connectivity index (χ4n) is 2.60. The highest BCUT2D eigenvalue weighted by Crippen LogP contribution is 2.20. The SMILES string of the molecule is CC(O)C1CC(N)CN(Cc2ccccc2)C1. The maximum Gasteiger partial charge on any atom is 0.0553 e. The quantitative estimate of drug-likeness (QED) is 0.826. The molecule has 17 heavy (non-hydrogen) atoms. The van der Waals surface area contributed by atoms with Gasteiger partial charge in [-0.05, 0) is 24.8 Å². The van der Waals surface area contributed by atoms with Gasteiger partial charge in [0.05, 0.1) is 6.10 Å².